The molecule has 1 radical (unpaired) electrons. The van der Waals surface area contributed by atoms with Crippen LogP contribution < -0.4 is 5.32 Å². The van der Waals surface area contributed by atoms with Gasteiger partial charge in [-0.25, -0.2) is 0 Å². The van der Waals surface area contributed by atoms with E-state index in [0.29, 0.717) is 11.5 Å². The molecule has 0 atom stereocenters. The molecule has 32 heavy (non-hydrogen) atoms. The first-order valence-electron chi connectivity index (χ1n) is 12.2. The Kier molecular flexibility index (Phi) is 7.77. The van der Waals surface area contributed by atoms with Crippen LogP contribution in [0.25, 0.3) is 11.1 Å². The summed E-state index contributed by atoms with van der Waals surface area (Å²) in [7, 11) is 0. The zero-order valence-electron chi connectivity index (χ0n) is 19.1. The van der Waals surface area contributed by atoms with Gasteiger partial charge in [-0.3, -0.25) is 4.79 Å². The second kappa shape index (κ2) is 11.1. The molecule has 0 saturated heterocycles. The fourth-order valence-corrected chi connectivity index (χ4v) is 4.90. The fourth-order valence-electron chi connectivity index (χ4n) is 4.90. The van der Waals surface area contributed by atoms with E-state index in [2.05, 4.69) is 42.6 Å². The smallest absolute Gasteiger partial charge is 0.255 e. The first kappa shape index (κ1) is 22.3. The number of unbranched alkanes of at least 4 members (excludes halogenated alkanes) is 2. The zero-order valence-corrected chi connectivity index (χ0v) is 19.1. The van der Waals surface area contributed by atoms with Crippen LogP contribution in [0.1, 0.15) is 80.1 Å². The Labute approximate surface area is 193 Å². The number of rotatable bonds is 8. The molecule has 0 heterocycles. The van der Waals surface area contributed by atoms with Crippen molar-refractivity contribution in [1.29, 1.82) is 0 Å². The summed E-state index contributed by atoms with van der Waals surface area (Å²) in [5, 5.41) is 2.92. The Bertz CT molecular complexity index is 968. The monoisotopic (exact) mass is 424 g/mol. The minimum absolute atomic E-state index is 0.0941. The molecule has 1 N–H and O–H groups in total. The minimum atomic E-state index is -0.0941. The lowest BCUT2D eigenvalue weighted by molar-refractivity contribution is 0.102. The molecular weight excluding hydrogens is 390 g/mol. The lowest BCUT2D eigenvalue weighted by Gasteiger charge is -2.29. The number of carbonyl (C=O) groups excluding carboxylic acids is 1. The maximum atomic E-state index is 12.5. The second-order valence-corrected chi connectivity index (χ2v) is 9.16. The summed E-state index contributed by atoms with van der Waals surface area (Å²) in [4.78, 5) is 12.5. The van der Waals surface area contributed by atoms with E-state index in [-0.39, 0.29) is 5.91 Å². The van der Waals surface area contributed by atoms with E-state index in [1.807, 2.05) is 36.4 Å². The third-order valence-corrected chi connectivity index (χ3v) is 6.90. The highest BCUT2D eigenvalue weighted by molar-refractivity contribution is 6.04. The summed E-state index contributed by atoms with van der Waals surface area (Å²) in [6.07, 6.45) is 11.0. The Morgan fingerprint density at radius 2 is 1.47 bits per heavy atom. The topological polar surface area (TPSA) is 29.1 Å². The molecule has 0 spiro atoms. The second-order valence-electron chi connectivity index (χ2n) is 9.16. The predicted molar refractivity (Wildman–Crippen MR) is 134 cm³/mol. The van der Waals surface area contributed by atoms with E-state index < -0.39 is 0 Å². The number of hydrogen-bond acceptors (Lipinski definition) is 1. The van der Waals surface area contributed by atoms with Crippen LogP contribution in [-0.4, -0.2) is 5.91 Å². The maximum absolute atomic E-state index is 12.5. The van der Waals surface area contributed by atoms with Crippen molar-refractivity contribution in [3.8, 4) is 11.1 Å². The first-order chi connectivity index (χ1) is 15.7. The Morgan fingerprint density at radius 3 is 2.09 bits per heavy atom. The van der Waals surface area contributed by atoms with Crippen molar-refractivity contribution in [2.24, 2.45) is 5.92 Å². The summed E-state index contributed by atoms with van der Waals surface area (Å²) < 4.78 is 0. The van der Waals surface area contributed by atoms with Gasteiger partial charge < -0.3 is 5.32 Å². The lowest BCUT2D eigenvalue weighted by atomic mass is 9.77. The summed E-state index contributed by atoms with van der Waals surface area (Å²) in [5.74, 6) is 1.57. The number of carbonyl (C=O) groups is 1. The van der Waals surface area contributed by atoms with Gasteiger partial charge in [0.25, 0.3) is 5.91 Å². The average Bonchev–Trinajstić information content (AvgIpc) is 2.85. The normalized spacial score (nSPS) is 18.3. The molecule has 3 aromatic carbocycles. The molecule has 0 aromatic heterocycles. The van der Waals surface area contributed by atoms with Crippen molar-refractivity contribution in [2.45, 2.75) is 64.2 Å². The molecule has 2 heteroatoms. The van der Waals surface area contributed by atoms with Crippen LogP contribution in [0.2, 0.25) is 0 Å². The number of anilines is 1. The van der Waals surface area contributed by atoms with Crippen molar-refractivity contribution in [3.63, 3.8) is 0 Å². The van der Waals surface area contributed by atoms with Crippen molar-refractivity contribution >= 4 is 11.6 Å². The van der Waals surface area contributed by atoms with Gasteiger partial charge >= 0.3 is 0 Å². The molecule has 1 fully saturated rings. The van der Waals surface area contributed by atoms with Crippen LogP contribution in [0.5, 0.6) is 0 Å². The highest BCUT2D eigenvalue weighted by Gasteiger charge is 2.22. The van der Waals surface area contributed by atoms with Crippen molar-refractivity contribution in [2.75, 3.05) is 5.32 Å². The molecule has 1 aliphatic carbocycles. The van der Waals surface area contributed by atoms with Gasteiger partial charge in [0, 0.05) is 11.3 Å². The summed E-state index contributed by atoms with van der Waals surface area (Å²) in [6.45, 7) is 2.29. The van der Waals surface area contributed by atoms with Gasteiger partial charge in [-0.1, -0.05) is 81.1 Å². The Balaban J connectivity index is 1.32. The van der Waals surface area contributed by atoms with E-state index >= 15 is 0 Å². The van der Waals surface area contributed by atoms with Crippen LogP contribution in [-0.2, 0) is 0 Å². The molecule has 4 rings (SSSR count). The van der Waals surface area contributed by atoms with Crippen LogP contribution in [0.15, 0.2) is 72.8 Å². The number of nitrogens with one attached hydrogen (secondary N) is 1. The number of hydrogen-bond donors (Lipinski definition) is 1. The van der Waals surface area contributed by atoms with Gasteiger partial charge in [0.2, 0.25) is 0 Å². The fraction of sp³-hybridized carbons (Fsp3) is 0.367. The molecule has 0 bridgehead atoms. The van der Waals surface area contributed by atoms with E-state index in [9.17, 15) is 4.79 Å². The highest BCUT2D eigenvalue weighted by atomic mass is 16.1. The highest BCUT2D eigenvalue weighted by Crippen LogP contribution is 2.38. The third-order valence-electron chi connectivity index (χ3n) is 6.90. The maximum Gasteiger partial charge on any atom is 0.255 e. The van der Waals surface area contributed by atoms with Crippen molar-refractivity contribution < 1.29 is 4.79 Å². The Hall–Kier alpha value is -2.87. The number of amides is 1. The Morgan fingerprint density at radius 1 is 0.844 bits per heavy atom. The zero-order chi connectivity index (χ0) is 22.2. The summed E-state index contributed by atoms with van der Waals surface area (Å²) in [5.41, 5.74) is 5.27. The molecule has 3 aromatic rings. The minimum Gasteiger partial charge on any atom is -0.322 e. The van der Waals surface area contributed by atoms with Gasteiger partial charge in [-0.15, -0.1) is 0 Å². The number of benzene rings is 3. The van der Waals surface area contributed by atoms with Crippen LogP contribution in [0.4, 0.5) is 5.69 Å². The van der Waals surface area contributed by atoms with Gasteiger partial charge in [0.05, 0.1) is 0 Å². The largest absolute Gasteiger partial charge is 0.322 e. The summed E-state index contributed by atoms with van der Waals surface area (Å²) >= 11 is 0. The molecular formula is C30H34NO. The van der Waals surface area contributed by atoms with Gasteiger partial charge in [-0.05, 0) is 84.5 Å². The average molecular weight is 425 g/mol. The molecule has 165 valence electrons. The predicted octanol–water partition coefficient (Wildman–Crippen LogP) is 8.26. The standard InChI is InChI=1S/C30H34NO/c1-2-3-5-8-23-11-13-24(14-12-23)25-15-17-26(18-16-25)27-19-21-28(22-20-27)30(32)31-29-9-6-4-7-10-29/h6-7,9-10,15-24H,2-3,5,8,11-14H2,1H3,(H,31,32). The van der Waals surface area contributed by atoms with Gasteiger partial charge in [0.1, 0.15) is 0 Å². The van der Waals surface area contributed by atoms with E-state index in [1.165, 1.54) is 62.5 Å². The third kappa shape index (κ3) is 5.88. The molecule has 0 unspecified atom stereocenters. The van der Waals surface area contributed by atoms with Crippen LogP contribution >= 0.6 is 0 Å². The van der Waals surface area contributed by atoms with E-state index in [1.54, 1.807) is 12.1 Å². The molecule has 0 aliphatic heterocycles. The first-order valence-corrected chi connectivity index (χ1v) is 12.2. The van der Waals surface area contributed by atoms with Crippen LogP contribution in [0.3, 0.4) is 0 Å². The SMILES string of the molecule is CCCCCC1CCC(c2ccc(-c3ccc(C(=O)Nc4cc[c]cc4)cc3)cc2)CC1. The molecule has 1 amide bonds. The summed E-state index contributed by atoms with van der Waals surface area (Å²) in [6, 6.07) is 27.2. The molecule has 2 nitrogen and oxygen atoms in total. The van der Waals surface area contributed by atoms with Gasteiger partial charge in [-0.2, -0.15) is 0 Å². The lowest BCUT2D eigenvalue weighted by Crippen LogP contribution is -2.13. The quantitative estimate of drug-likeness (QED) is 0.362. The van der Waals surface area contributed by atoms with Gasteiger partial charge in [0.15, 0.2) is 0 Å². The van der Waals surface area contributed by atoms with Crippen molar-refractivity contribution in [3.05, 3.63) is 90.0 Å². The van der Waals surface area contributed by atoms with Crippen molar-refractivity contribution in [1.82, 2.24) is 0 Å². The van der Waals surface area contributed by atoms with Crippen LogP contribution in [0, 0.1) is 12.0 Å². The molecule has 1 saturated carbocycles. The molecule has 1 aliphatic rings. The van der Waals surface area contributed by atoms with E-state index in [4.69, 9.17) is 0 Å². The van der Waals surface area contributed by atoms with E-state index in [0.717, 1.165) is 17.2 Å².